The smallest absolute Gasteiger partial charge is 0.287 e. The van der Waals surface area contributed by atoms with Crippen LogP contribution in [-0.4, -0.2) is 26.4 Å². The highest BCUT2D eigenvalue weighted by atomic mass is 35.5. The number of hydrazone groups is 1. The molecule has 0 aromatic carbocycles. The van der Waals surface area contributed by atoms with Crippen molar-refractivity contribution in [2.24, 2.45) is 5.10 Å². The fourth-order valence-electron chi connectivity index (χ4n) is 2.79. The van der Waals surface area contributed by atoms with E-state index in [4.69, 9.17) is 27.6 Å². The molecule has 0 radical (unpaired) electrons. The highest BCUT2D eigenvalue weighted by Gasteiger charge is 2.35. The first-order valence-corrected chi connectivity index (χ1v) is 9.56. The van der Waals surface area contributed by atoms with Crippen LogP contribution in [0.4, 0.5) is 0 Å². The van der Waals surface area contributed by atoms with E-state index in [1.54, 1.807) is 29.7 Å². The molecule has 1 aliphatic rings. The summed E-state index contributed by atoms with van der Waals surface area (Å²) < 4.78 is 6.45. The highest BCUT2D eigenvalue weighted by Crippen LogP contribution is 2.34. The lowest BCUT2D eigenvalue weighted by Crippen LogP contribution is -2.35. The number of thiophene rings is 1. The number of carbonyl (C=O) groups is 1. The van der Waals surface area contributed by atoms with Crippen LogP contribution in [0.15, 0.2) is 56.4 Å². The molecule has 1 amide bonds. The third-order valence-corrected chi connectivity index (χ3v) is 5.74. The Kier molecular flexibility index (Phi) is 4.86. The van der Waals surface area contributed by atoms with Crippen LogP contribution in [0.3, 0.4) is 0 Å². The Balaban J connectivity index is 1.65. The van der Waals surface area contributed by atoms with Gasteiger partial charge in [0.05, 0.1) is 28.1 Å². The maximum absolute atomic E-state index is 12.9. The van der Waals surface area contributed by atoms with Crippen LogP contribution in [0.1, 0.15) is 23.1 Å². The first kappa shape index (κ1) is 18.0. The van der Waals surface area contributed by atoms with Crippen LogP contribution in [-0.2, 0) is 11.3 Å². The summed E-state index contributed by atoms with van der Waals surface area (Å²) in [6, 6.07) is 7.03. The Bertz CT molecular complexity index is 1060. The van der Waals surface area contributed by atoms with Crippen molar-refractivity contribution in [2.45, 2.75) is 19.0 Å². The number of furan rings is 1. The Morgan fingerprint density at radius 2 is 2.19 bits per heavy atom. The maximum Gasteiger partial charge on any atom is 0.287 e. The minimum absolute atomic E-state index is 0.0398. The number of aromatic nitrogens is 2. The predicted octanol–water partition coefficient (Wildman–Crippen LogP) is 3.58. The first-order chi connectivity index (χ1) is 13.0. The van der Waals surface area contributed by atoms with Crippen molar-refractivity contribution in [1.29, 1.82) is 0 Å². The molecule has 0 bridgehead atoms. The van der Waals surface area contributed by atoms with Gasteiger partial charge in [0.25, 0.3) is 11.5 Å². The van der Waals surface area contributed by atoms with E-state index in [9.17, 15) is 9.59 Å². The van der Waals surface area contributed by atoms with Gasteiger partial charge in [-0.1, -0.05) is 29.3 Å². The van der Waals surface area contributed by atoms with Gasteiger partial charge in [0.1, 0.15) is 23.4 Å². The number of carbonyl (C=O) groups excluding carboxylic acids is 1. The molecule has 27 heavy (non-hydrogen) atoms. The minimum Gasteiger partial charge on any atom is -0.467 e. The van der Waals surface area contributed by atoms with Crippen LogP contribution in [0.2, 0.25) is 10.0 Å². The maximum atomic E-state index is 12.9. The zero-order valence-electron chi connectivity index (χ0n) is 13.7. The summed E-state index contributed by atoms with van der Waals surface area (Å²) in [6.07, 6.45) is 3.29. The number of nitrogens with zero attached hydrogens (tertiary/aromatic N) is 4. The van der Waals surface area contributed by atoms with Crippen LogP contribution in [0.5, 0.6) is 0 Å². The van der Waals surface area contributed by atoms with Gasteiger partial charge in [-0.25, -0.2) is 9.69 Å². The number of hydrogen-bond donors (Lipinski definition) is 0. The molecule has 1 atom stereocenters. The molecule has 10 heteroatoms. The molecular formula is C17H12Cl2N4O3S. The van der Waals surface area contributed by atoms with Crippen molar-refractivity contribution in [2.75, 3.05) is 0 Å². The van der Waals surface area contributed by atoms with Crippen molar-refractivity contribution in [3.05, 3.63) is 73.1 Å². The fraction of sp³-hybridized carbons (Fsp3) is 0.176. The van der Waals surface area contributed by atoms with Gasteiger partial charge in [-0.05, 0) is 23.6 Å². The van der Waals surface area contributed by atoms with E-state index in [1.807, 2.05) is 17.5 Å². The van der Waals surface area contributed by atoms with Crippen LogP contribution in [0.25, 0.3) is 0 Å². The predicted molar refractivity (Wildman–Crippen MR) is 102 cm³/mol. The lowest BCUT2D eigenvalue weighted by Gasteiger charge is -2.20. The molecule has 4 rings (SSSR count). The molecule has 0 saturated heterocycles. The molecule has 3 aromatic rings. The molecule has 0 spiro atoms. The molecule has 0 fully saturated rings. The SMILES string of the molecule is O=C(Cn1ncc(Cl)c(Cl)c1=O)N1N=C(c2cccs2)CC1c1ccco1. The van der Waals surface area contributed by atoms with Crippen LogP contribution < -0.4 is 5.56 Å². The second-order valence-corrected chi connectivity index (χ2v) is 7.50. The first-order valence-electron chi connectivity index (χ1n) is 7.92. The molecule has 7 nitrogen and oxygen atoms in total. The molecular weight excluding hydrogens is 411 g/mol. The van der Waals surface area contributed by atoms with Crippen LogP contribution >= 0.6 is 34.5 Å². The van der Waals surface area contributed by atoms with Crippen molar-refractivity contribution in [3.8, 4) is 0 Å². The Hall–Kier alpha value is -2.42. The molecule has 4 heterocycles. The van der Waals surface area contributed by atoms with Gasteiger partial charge in [0, 0.05) is 6.42 Å². The van der Waals surface area contributed by atoms with Gasteiger partial charge in [-0.3, -0.25) is 9.59 Å². The molecule has 1 unspecified atom stereocenters. The molecule has 0 aliphatic carbocycles. The average molecular weight is 423 g/mol. The van der Waals surface area contributed by atoms with E-state index < -0.39 is 11.5 Å². The Morgan fingerprint density at radius 1 is 1.33 bits per heavy atom. The van der Waals surface area contributed by atoms with Gasteiger partial charge in [0.15, 0.2) is 0 Å². The fourth-order valence-corrected chi connectivity index (χ4v) is 3.78. The van der Waals surface area contributed by atoms with Gasteiger partial charge >= 0.3 is 0 Å². The summed E-state index contributed by atoms with van der Waals surface area (Å²) in [5.41, 5.74) is 0.155. The minimum atomic E-state index is -0.631. The molecule has 3 aromatic heterocycles. The van der Waals surface area contributed by atoms with E-state index in [2.05, 4.69) is 10.2 Å². The van der Waals surface area contributed by atoms with Crippen molar-refractivity contribution in [3.63, 3.8) is 0 Å². The molecule has 0 N–H and O–H groups in total. The zero-order valence-corrected chi connectivity index (χ0v) is 16.0. The third-order valence-electron chi connectivity index (χ3n) is 4.07. The van der Waals surface area contributed by atoms with E-state index >= 15 is 0 Å². The standard InChI is InChI=1S/C17H12Cl2N4O3S/c18-10-8-20-22(17(25)16(10)19)9-15(24)23-12(13-3-1-5-26-13)7-11(21-23)14-4-2-6-27-14/h1-6,8,12H,7,9H2. The van der Waals surface area contributed by atoms with Crippen molar-refractivity contribution in [1.82, 2.24) is 14.8 Å². The zero-order chi connectivity index (χ0) is 19.0. The van der Waals surface area contributed by atoms with Gasteiger partial charge in [0.2, 0.25) is 0 Å². The second-order valence-electron chi connectivity index (χ2n) is 5.77. The van der Waals surface area contributed by atoms with Gasteiger partial charge < -0.3 is 4.42 Å². The number of amides is 1. The van der Waals surface area contributed by atoms with Gasteiger partial charge in [-0.15, -0.1) is 11.3 Å². The topological polar surface area (TPSA) is 80.7 Å². The lowest BCUT2D eigenvalue weighted by molar-refractivity contribution is -0.134. The number of halogens is 2. The Labute approximate surface area is 167 Å². The van der Waals surface area contributed by atoms with Gasteiger partial charge in [-0.2, -0.15) is 10.2 Å². The van der Waals surface area contributed by atoms with Crippen molar-refractivity contribution < 1.29 is 9.21 Å². The third kappa shape index (κ3) is 3.43. The Morgan fingerprint density at radius 3 is 2.89 bits per heavy atom. The lowest BCUT2D eigenvalue weighted by atomic mass is 10.1. The molecule has 0 saturated carbocycles. The van der Waals surface area contributed by atoms with E-state index in [0.717, 1.165) is 15.3 Å². The number of rotatable bonds is 4. The second kappa shape index (κ2) is 7.30. The monoisotopic (exact) mass is 422 g/mol. The van der Waals surface area contributed by atoms with Crippen molar-refractivity contribution >= 4 is 46.2 Å². The molecule has 1 aliphatic heterocycles. The quantitative estimate of drug-likeness (QED) is 0.643. The summed E-state index contributed by atoms with van der Waals surface area (Å²) >= 11 is 13.2. The van der Waals surface area contributed by atoms with Crippen LogP contribution in [0, 0.1) is 0 Å². The molecule has 138 valence electrons. The summed E-state index contributed by atoms with van der Waals surface area (Å²) in [4.78, 5) is 26.0. The summed E-state index contributed by atoms with van der Waals surface area (Å²) in [7, 11) is 0. The largest absolute Gasteiger partial charge is 0.467 e. The average Bonchev–Trinajstić information content (AvgIpc) is 3.40. The summed E-state index contributed by atoms with van der Waals surface area (Å²) in [5, 5.41) is 11.5. The number of hydrogen-bond acceptors (Lipinski definition) is 6. The van der Waals surface area contributed by atoms with E-state index in [1.165, 1.54) is 11.2 Å². The summed E-state index contributed by atoms with van der Waals surface area (Å²) in [5.74, 6) is 0.212. The van der Waals surface area contributed by atoms with E-state index in [0.29, 0.717) is 12.2 Å². The highest BCUT2D eigenvalue weighted by molar-refractivity contribution is 7.12. The normalized spacial score (nSPS) is 16.6. The van der Waals surface area contributed by atoms with E-state index in [-0.39, 0.29) is 22.6 Å². The summed E-state index contributed by atoms with van der Waals surface area (Å²) in [6.45, 7) is -0.311.